The van der Waals surface area contributed by atoms with Gasteiger partial charge in [-0.2, -0.15) is 0 Å². The average Bonchev–Trinajstić information content (AvgIpc) is 2.91. The van der Waals surface area contributed by atoms with Crippen LogP contribution in [0.5, 0.6) is 0 Å². The molecule has 1 heterocycles. The summed E-state index contributed by atoms with van der Waals surface area (Å²) in [6, 6.07) is 11.5. The second-order valence-corrected chi connectivity index (χ2v) is 7.34. The first-order valence-corrected chi connectivity index (χ1v) is 10.1. The van der Waals surface area contributed by atoms with Crippen LogP contribution in [-0.2, 0) is 4.79 Å². The summed E-state index contributed by atoms with van der Waals surface area (Å²) in [7, 11) is 1.62. The van der Waals surface area contributed by atoms with E-state index in [2.05, 4.69) is 20.9 Å². The highest BCUT2D eigenvalue weighted by molar-refractivity contribution is 6.11. The van der Waals surface area contributed by atoms with Crippen LogP contribution in [0.3, 0.4) is 0 Å². The number of benzene rings is 2. The number of hydrogen-bond acceptors (Lipinski definition) is 7. The van der Waals surface area contributed by atoms with Gasteiger partial charge < -0.3 is 32.2 Å². The molecule has 2 aromatic carbocycles. The summed E-state index contributed by atoms with van der Waals surface area (Å²) in [5, 5.41) is 26.5. The van der Waals surface area contributed by atoms with Crippen molar-refractivity contribution >= 4 is 41.1 Å². The number of para-hydroxylation sites is 1. The van der Waals surface area contributed by atoms with E-state index < -0.39 is 0 Å². The van der Waals surface area contributed by atoms with Crippen LogP contribution in [-0.4, -0.2) is 49.7 Å². The molecular formula is C23H28N6O2. The van der Waals surface area contributed by atoms with Crippen molar-refractivity contribution in [3.05, 3.63) is 47.5 Å². The van der Waals surface area contributed by atoms with E-state index in [9.17, 15) is 9.90 Å². The zero-order valence-electron chi connectivity index (χ0n) is 17.7. The first-order chi connectivity index (χ1) is 15.0. The van der Waals surface area contributed by atoms with Crippen molar-refractivity contribution in [2.75, 3.05) is 36.1 Å². The summed E-state index contributed by atoms with van der Waals surface area (Å²) in [6.07, 6.45) is 3.09. The number of carbonyl (C=O) groups is 1. The third-order valence-corrected chi connectivity index (χ3v) is 5.00. The van der Waals surface area contributed by atoms with Gasteiger partial charge in [-0.3, -0.25) is 9.79 Å². The fourth-order valence-corrected chi connectivity index (χ4v) is 3.59. The monoisotopic (exact) mass is 420 g/mol. The molecule has 0 spiro atoms. The lowest BCUT2D eigenvalue weighted by molar-refractivity contribution is -0.116. The van der Waals surface area contributed by atoms with Gasteiger partial charge in [0.05, 0.1) is 23.7 Å². The molecule has 162 valence electrons. The molecule has 3 rings (SSSR count). The number of amides is 1. The van der Waals surface area contributed by atoms with Crippen molar-refractivity contribution in [1.82, 2.24) is 0 Å². The van der Waals surface area contributed by atoms with E-state index in [4.69, 9.17) is 11.1 Å². The van der Waals surface area contributed by atoms with Crippen molar-refractivity contribution in [3.63, 3.8) is 0 Å². The van der Waals surface area contributed by atoms with Gasteiger partial charge in [0.2, 0.25) is 5.91 Å². The Bertz CT molecular complexity index is 1040. The Morgan fingerprint density at radius 3 is 2.90 bits per heavy atom. The molecule has 0 saturated carbocycles. The highest BCUT2D eigenvalue weighted by Gasteiger charge is 2.21. The van der Waals surface area contributed by atoms with Gasteiger partial charge in [0.1, 0.15) is 0 Å². The van der Waals surface area contributed by atoms with Crippen LogP contribution in [0.2, 0.25) is 0 Å². The van der Waals surface area contributed by atoms with Crippen LogP contribution in [0.4, 0.5) is 17.1 Å². The molecule has 1 atom stereocenters. The van der Waals surface area contributed by atoms with Crippen molar-refractivity contribution < 1.29 is 9.90 Å². The number of aliphatic imine (C=N–C) groups is 1. The summed E-state index contributed by atoms with van der Waals surface area (Å²) in [6.45, 7) is 2.32. The van der Waals surface area contributed by atoms with Gasteiger partial charge in [-0.25, -0.2) is 0 Å². The smallest absolute Gasteiger partial charge is 0.226 e. The molecular weight excluding hydrogens is 392 g/mol. The Kier molecular flexibility index (Phi) is 7.04. The number of nitrogens with one attached hydrogen (secondary N) is 4. The van der Waals surface area contributed by atoms with Gasteiger partial charge in [-0.15, -0.1) is 0 Å². The van der Waals surface area contributed by atoms with Crippen LogP contribution >= 0.6 is 0 Å². The number of allylic oxidation sites excluding steroid dienone is 1. The molecule has 1 aliphatic heterocycles. The molecule has 1 aliphatic rings. The van der Waals surface area contributed by atoms with E-state index >= 15 is 0 Å². The topological polar surface area (TPSA) is 136 Å². The highest BCUT2D eigenvalue weighted by atomic mass is 16.3. The molecule has 8 nitrogen and oxygen atoms in total. The normalized spacial score (nSPS) is 16.6. The lowest BCUT2D eigenvalue weighted by Crippen LogP contribution is -2.19. The van der Waals surface area contributed by atoms with Crippen LogP contribution in [0.15, 0.2) is 47.0 Å². The van der Waals surface area contributed by atoms with E-state index in [0.29, 0.717) is 29.8 Å². The largest absolute Gasteiger partial charge is 0.398 e. The number of rotatable bonds is 7. The number of hydrogen-bond donors (Lipinski definition) is 6. The second kappa shape index (κ2) is 9.90. The molecule has 8 heteroatoms. The van der Waals surface area contributed by atoms with E-state index in [-0.39, 0.29) is 18.6 Å². The Hall–Kier alpha value is -3.65. The minimum atomic E-state index is -0.0261. The SMILES string of the molecule is CN=CC(C=N)=C(N)c1cc(-c2cccc3c2N[C@H](C)CC(=O)N3)ccc1NCCO. The van der Waals surface area contributed by atoms with Gasteiger partial charge >= 0.3 is 0 Å². The summed E-state index contributed by atoms with van der Waals surface area (Å²) >= 11 is 0. The molecule has 0 unspecified atom stereocenters. The molecule has 0 aliphatic carbocycles. The molecule has 0 saturated heterocycles. The Labute approximate surface area is 181 Å². The van der Waals surface area contributed by atoms with Crippen molar-refractivity contribution in [3.8, 4) is 11.1 Å². The number of anilines is 3. The zero-order valence-corrected chi connectivity index (χ0v) is 17.7. The van der Waals surface area contributed by atoms with Crippen LogP contribution in [0.1, 0.15) is 18.9 Å². The van der Waals surface area contributed by atoms with Gasteiger partial charge in [-0.05, 0) is 30.7 Å². The number of aliphatic hydroxyl groups is 1. The van der Waals surface area contributed by atoms with E-state index in [1.165, 1.54) is 6.21 Å². The Balaban J connectivity index is 2.17. The lowest BCUT2D eigenvalue weighted by Gasteiger charge is -2.19. The van der Waals surface area contributed by atoms with E-state index in [0.717, 1.165) is 34.4 Å². The minimum Gasteiger partial charge on any atom is -0.398 e. The van der Waals surface area contributed by atoms with E-state index in [1.807, 2.05) is 43.3 Å². The highest BCUT2D eigenvalue weighted by Crippen LogP contribution is 2.38. The van der Waals surface area contributed by atoms with Crippen LogP contribution < -0.4 is 21.7 Å². The molecule has 2 aromatic rings. The number of carbonyl (C=O) groups excluding carboxylic acids is 1. The van der Waals surface area contributed by atoms with Crippen LogP contribution in [0, 0.1) is 5.41 Å². The molecule has 7 N–H and O–H groups in total. The summed E-state index contributed by atoms with van der Waals surface area (Å²) in [4.78, 5) is 16.1. The van der Waals surface area contributed by atoms with Gasteiger partial charge in [-0.1, -0.05) is 18.2 Å². The molecule has 0 aromatic heterocycles. The Morgan fingerprint density at radius 2 is 2.19 bits per heavy atom. The first-order valence-electron chi connectivity index (χ1n) is 10.1. The zero-order chi connectivity index (χ0) is 22.4. The summed E-state index contributed by atoms with van der Waals surface area (Å²) < 4.78 is 0. The van der Waals surface area contributed by atoms with Crippen molar-refractivity contribution in [2.24, 2.45) is 10.7 Å². The maximum absolute atomic E-state index is 12.1. The molecule has 1 amide bonds. The number of nitrogens with two attached hydrogens (primary N) is 1. The molecule has 31 heavy (non-hydrogen) atoms. The quantitative estimate of drug-likeness (QED) is 0.383. The van der Waals surface area contributed by atoms with Gasteiger partial charge in [0.25, 0.3) is 0 Å². The van der Waals surface area contributed by atoms with Crippen molar-refractivity contribution in [1.29, 1.82) is 5.41 Å². The lowest BCUT2D eigenvalue weighted by atomic mass is 9.96. The number of fused-ring (bicyclic) bond motifs is 1. The summed E-state index contributed by atoms with van der Waals surface area (Å²) in [5.41, 5.74) is 12.2. The van der Waals surface area contributed by atoms with Gasteiger partial charge in [0.15, 0.2) is 0 Å². The number of aliphatic hydroxyl groups excluding tert-OH is 1. The van der Waals surface area contributed by atoms with Crippen LogP contribution in [0.25, 0.3) is 16.8 Å². The molecule has 0 bridgehead atoms. The number of nitrogens with zero attached hydrogens (tertiary/aromatic N) is 1. The molecule has 0 radical (unpaired) electrons. The summed E-state index contributed by atoms with van der Waals surface area (Å²) in [5.74, 6) is -0.0261. The predicted octanol–water partition coefficient (Wildman–Crippen LogP) is 2.92. The molecule has 0 fully saturated rings. The average molecular weight is 421 g/mol. The van der Waals surface area contributed by atoms with Gasteiger partial charge in [0, 0.05) is 60.9 Å². The standard InChI is InChI=1S/C23H28N6O2/c1-14-10-21(31)29-20-5-3-4-17(23(20)28-14)15-6-7-19(27-8-9-30)18(11-15)22(25)16(12-24)13-26-2/h3-7,11-14,24,27-28,30H,8-10,25H2,1-2H3,(H,29,31)/t14-/m1/s1. The fraction of sp³-hybridized carbons (Fsp3) is 0.261. The maximum Gasteiger partial charge on any atom is 0.226 e. The first kappa shape index (κ1) is 22.0. The second-order valence-electron chi connectivity index (χ2n) is 7.34. The minimum absolute atomic E-state index is 0.0115. The Morgan fingerprint density at radius 1 is 1.39 bits per heavy atom. The third-order valence-electron chi connectivity index (χ3n) is 5.00. The maximum atomic E-state index is 12.1. The van der Waals surface area contributed by atoms with E-state index in [1.54, 1.807) is 7.05 Å². The predicted molar refractivity (Wildman–Crippen MR) is 128 cm³/mol. The third kappa shape index (κ3) is 4.92. The van der Waals surface area contributed by atoms with Crippen molar-refractivity contribution in [2.45, 2.75) is 19.4 Å². The fourth-order valence-electron chi connectivity index (χ4n) is 3.59.